The molecule has 0 aliphatic heterocycles. The van der Waals surface area contributed by atoms with Crippen LogP contribution < -0.4 is 4.74 Å². The Kier molecular flexibility index (Phi) is 9.49. The first-order valence-corrected chi connectivity index (χ1v) is 10.9. The van der Waals surface area contributed by atoms with Crippen molar-refractivity contribution in [2.75, 3.05) is 0 Å². The molecule has 0 N–H and O–H groups in total. The van der Waals surface area contributed by atoms with Crippen LogP contribution in [0.25, 0.3) is 0 Å². The number of aromatic nitrogens is 1. The Balaban J connectivity index is 2.24. The quantitative estimate of drug-likeness (QED) is 0.363. The second kappa shape index (κ2) is 11.8. The number of hydrogen-bond acceptors (Lipinski definition) is 5. The molecule has 0 amide bonds. The molecule has 0 bridgehead atoms. The highest BCUT2D eigenvalue weighted by atomic mass is 35.5. The van der Waals surface area contributed by atoms with Crippen LogP contribution in [-0.2, 0) is 9.53 Å². The van der Waals surface area contributed by atoms with Gasteiger partial charge < -0.3 is 9.47 Å². The first kappa shape index (κ1) is 25.6. The van der Waals surface area contributed by atoms with E-state index in [1.165, 1.54) is 24.3 Å². The van der Waals surface area contributed by atoms with Crippen LogP contribution in [0.4, 0.5) is 4.39 Å². The lowest BCUT2D eigenvalue weighted by atomic mass is 9.77. The van der Waals surface area contributed by atoms with Crippen LogP contribution in [0.2, 0.25) is 0 Å². The maximum atomic E-state index is 13.1. The van der Waals surface area contributed by atoms with Gasteiger partial charge in [-0.1, -0.05) is 57.0 Å². The van der Waals surface area contributed by atoms with Crippen molar-refractivity contribution in [3.05, 3.63) is 64.5 Å². The van der Waals surface area contributed by atoms with Crippen molar-refractivity contribution in [1.29, 1.82) is 5.26 Å². The highest BCUT2D eigenvalue weighted by Crippen LogP contribution is 2.33. The van der Waals surface area contributed by atoms with Gasteiger partial charge in [-0.05, 0) is 54.2 Å². The summed E-state index contributed by atoms with van der Waals surface area (Å²) in [5, 5.41) is 9.65. The van der Waals surface area contributed by atoms with Gasteiger partial charge in [0.2, 0.25) is 12.0 Å². The Bertz CT molecular complexity index is 983. The lowest BCUT2D eigenvalue weighted by molar-refractivity contribution is -0.156. The lowest BCUT2D eigenvalue weighted by Crippen LogP contribution is -2.33. The minimum absolute atomic E-state index is 0.0635. The number of ether oxygens (including phenoxy) is 2. The fourth-order valence-electron chi connectivity index (χ4n) is 3.33. The second-order valence-corrected chi connectivity index (χ2v) is 8.96. The van der Waals surface area contributed by atoms with E-state index in [0.717, 1.165) is 0 Å². The first-order valence-electron chi connectivity index (χ1n) is 10.2. The summed E-state index contributed by atoms with van der Waals surface area (Å²) >= 11 is 11.7. The van der Waals surface area contributed by atoms with Crippen LogP contribution in [0.5, 0.6) is 11.6 Å². The number of halogens is 3. The van der Waals surface area contributed by atoms with E-state index < -0.39 is 18.0 Å². The predicted molar refractivity (Wildman–Crippen MR) is 122 cm³/mol. The summed E-state index contributed by atoms with van der Waals surface area (Å²) in [7, 11) is 0. The molecule has 1 aromatic heterocycles. The fraction of sp³-hybridized carbons (Fsp3) is 0.375. The zero-order chi connectivity index (χ0) is 23.8. The Morgan fingerprint density at radius 3 is 2.28 bits per heavy atom. The molecule has 2 aromatic rings. The number of rotatable bonds is 9. The number of benzene rings is 1. The highest BCUT2D eigenvalue weighted by molar-refractivity contribution is 6.55. The summed E-state index contributed by atoms with van der Waals surface area (Å²) in [6, 6.07) is 12.2. The molecule has 0 fully saturated rings. The third-order valence-electron chi connectivity index (χ3n) is 4.89. The van der Waals surface area contributed by atoms with Gasteiger partial charge in [-0.15, -0.1) is 0 Å². The average molecular weight is 479 g/mol. The Morgan fingerprint density at radius 1 is 1.09 bits per heavy atom. The van der Waals surface area contributed by atoms with Crippen molar-refractivity contribution in [3.63, 3.8) is 0 Å². The maximum Gasteiger partial charge on any atom is 0.311 e. The van der Waals surface area contributed by atoms with E-state index in [2.05, 4.69) is 4.98 Å². The van der Waals surface area contributed by atoms with E-state index in [4.69, 9.17) is 32.7 Å². The molecule has 0 spiro atoms. The van der Waals surface area contributed by atoms with E-state index in [0.29, 0.717) is 5.75 Å². The molecule has 8 heteroatoms. The van der Waals surface area contributed by atoms with Crippen LogP contribution in [0.3, 0.4) is 0 Å². The van der Waals surface area contributed by atoms with Gasteiger partial charge in [-0.3, -0.25) is 4.79 Å². The van der Waals surface area contributed by atoms with E-state index in [1.54, 1.807) is 24.3 Å². The lowest BCUT2D eigenvalue weighted by Gasteiger charge is -2.29. The number of allylic oxidation sites excluding steroid dienone is 1. The zero-order valence-electron chi connectivity index (χ0n) is 18.3. The number of nitrogens with zero attached hydrogens (tertiary/aromatic N) is 2. The Hall–Kier alpha value is -2.62. The number of esters is 1. The molecule has 170 valence electrons. The van der Waals surface area contributed by atoms with Crippen LogP contribution in [0, 0.1) is 40.8 Å². The van der Waals surface area contributed by atoms with E-state index in [9.17, 15) is 14.4 Å². The van der Waals surface area contributed by atoms with Crippen molar-refractivity contribution in [2.24, 2.45) is 23.7 Å². The van der Waals surface area contributed by atoms with Gasteiger partial charge in [0, 0.05) is 6.07 Å². The SMILES string of the molecule is CC(C)C(C=C(Cl)Cl)C(C(=O)OC(C#N)c1cccc(Oc2ccc(F)cc2)n1)C(C)C. The molecule has 3 atom stereocenters. The van der Waals surface area contributed by atoms with Gasteiger partial charge in [0.05, 0.1) is 11.6 Å². The molecule has 0 aliphatic carbocycles. The minimum atomic E-state index is -1.23. The van der Waals surface area contributed by atoms with Crippen LogP contribution in [-0.4, -0.2) is 11.0 Å². The summed E-state index contributed by atoms with van der Waals surface area (Å²) in [4.78, 5) is 17.4. The topological polar surface area (TPSA) is 72.2 Å². The number of pyridine rings is 1. The van der Waals surface area contributed by atoms with Gasteiger partial charge in [0.15, 0.2) is 0 Å². The second-order valence-electron chi connectivity index (χ2n) is 7.95. The van der Waals surface area contributed by atoms with Crippen molar-refractivity contribution < 1.29 is 18.7 Å². The van der Waals surface area contributed by atoms with Crippen molar-refractivity contribution >= 4 is 29.2 Å². The third-order valence-corrected chi connectivity index (χ3v) is 5.15. The molecule has 0 radical (unpaired) electrons. The molecule has 1 aromatic carbocycles. The van der Waals surface area contributed by atoms with Gasteiger partial charge in [-0.2, -0.15) is 5.26 Å². The molecule has 2 rings (SSSR count). The predicted octanol–water partition coefficient (Wildman–Crippen LogP) is 6.98. The van der Waals surface area contributed by atoms with E-state index in [-0.39, 0.29) is 39.6 Å². The van der Waals surface area contributed by atoms with Gasteiger partial charge in [0.1, 0.15) is 22.1 Å². The van der Waals surface area contributed by atoms with Crippen molar-refractivity contribution in [1.82, 2.24) is 4.98 Å². The largest absolute Gasteiger partial charge is 0.440 e. The van der Waals surface area contributed by atoms with Crippen LogP contribution in [0.15, 0.2) is 53.0 Å². The summed E-state index contributed by atoms with van der Waals surface area (Å²) < 4.78 is 24.3. The van der Waals surface area contributed by atoms with Gasteiger partial charge in [-0.25, -0.2) is 9.37 Å². The summed E-state index contributed by atoms with van der Waals surface area (Å²) in [6.45, 7) is 7.71. The molecule has 0 saturated heterocycles. The molecular formula is C24H25Cl2FN2O3. The molecular weight excluding hydrogens is 454 g/mol. The zero-order valence-corrected chi connectivity index (χ0v) is 19.8. The standard InChI is InChI=1S/C24H25Cl2FN2O3/c1-14(2)18(12-21(25)26)23(15(3)4)24(30)32-20(13-28)19-6-5-7-22(29-19)31-17-10-8-16(27)9-11-17/h5-12,14-15,18,20,23H,1-4H3. The van der Waals surface area contributed by atoms with Crippen molar-refractivity contribution in [2.45, 2.75) is 33.8 Å². The summed E-state index contributed by atoms with van der Waals surface area (Å²) in [5.74, 6) is -1.21. The smallest absolute Gasteiger partial charge is 0.311 e. The summed E-state index contributed by atoms with van der Waals surface area (Å²) in [5.41, 5.74) is 0.218. The molecule has 3 unspecified atom stereocenters. The van der Waals surface area contributed by atoms with Crippen LogP contribution in [0.1, 0.15) is 39.5 Å². The number of carbonyl (C=O) groups excluding carboxylic acids is 1. The van der Waals surface area contributed by atoms with Crippen molar-refractivity contribution in [3.8, 4) is 17.7 Å². The van der Waals surface area contributed by atoms with E-state index >= 15 is 0 Å². The molecule has 32 heavy (non-hydrogen) atoms. The summed E-state index contributed by atoms with van der Waals surface area (Å²) in [6.07, 6.45) is 0.403. The third kappa shape index (κ3) is 7.22. The van der Waals surface area contributed by atoms with Gasteiger partial charge in [0.25, 0.3) is 0 Å². The monoisotopic (exact) mass is 478 g/mol. The minimum Gasteiger partial charge on any atom is -0.440 e. The number of nitriles is 1. The molecule has 1 heterocycles. The number of hydrogen-bond donors (Lipinski definition) is 0. The van der Waals surface area contributed by atoms with Crippen LogP contribution >= 0.6 is 23.2 Å². The Morgan fingerprint density at radius 2 is 1.75 bits per heavy atom. The Labute approximate surface area is 197 Å². The average Bonchev–Trinajstić information content (AvgIpc) is 2.72. The highest BCUT2D eigenvalue weighted by Gasteiger charge is 2.35. The normalized spacial score (nSPS) is 13.8. The van der Waals surface area contributed by atoms with E-state index in [1.807, 2.05) is 33.8 Å². The fourth-order valence-corrected chi connectivity index (χ4v) is 3.63. The first-order chi connectivity index (χ1) is 15.1. The number of carbonyl (C=O) groups is 1. The van der Waals surface area contributed by atoms with Gasteiger partial charge >= 0.3 is 5.97 Å². The molecule has 0 saturated carbocycles. The molecule has 5 nitrogen and oxygen atoms in total. The molecule has 0 aliphatic rings. The maximum absolute atomic E-state index is 13.1.